The molecule has 0 aromatic rings. The van der Waals surface area contributed by atoms with Crippen LogP contribution in [0.15, 0.2) is 0 Å². The van der Waals surface area contributed by atoms with Gasteiger partial charge in [0.25, 0.3) is 0 Å². The Labute approximate surface area is 109 Å². The van der Waals surface area contributed by atoms with Crippen LogP contribution in [-0.4, -0.2) is 42.5 Å². The van der Waals surface area contributed by atoms with Crippen LogP contribution < -0.4 is 10.6 Å². The van der Waals surface area contributed by atoms with Gasteiger partial charge in [0.15, 0.2) is 0 Å². The third kappa shape index (κ3) is 3.85. The lowest BCUT2D eigenvalue weighted by Crippen LogP contribution is -2.41. The molecule has 1 saturated carbocycles. The molecule has 4 atom stereocenters. The van der Waals surface area contributed by atoms with E-state index in [2.05, 4.69) is 17.6 Å². The molecule has 0 spiro atoms. The first kappa shape index (κ1) is 13.6. The van der Waals surface area contributed by atoms with E-state index in [4.69, 9.17) is 9.47 Å². The zero-order valence-electron chi connectivity index (χ0n) is 11.7. The number of amides is 1. The standard InChI is InChI=1S/C13H24N2O3/c1-8-9(5-6-17-8)14-10-7-11(10)15-12(16)18-13(2,3)4/h8-11,14H,5-7H2,1-4H3,(H,15,16). The minimum Gasteiger partial charge on any atom is -0.444 e. The summed E-state index contributed by atoms with van der Waals surface area (Å²) in [5.41, 5.74) is -0.435. The molecule has 2 N–H and O–H groups in total. The smallest absolute Gasteiger partial charge is 0.407 e. The van der Waals surface area contributed by atoms with Gasteiger partial charge < -0.3 is 20.1 Å². The van der Waals surface area contributed by atoms with Crippen LogP contribution in [0.4, 0.5) is 4.79 Å². The van der Waals surface area contributed by atoms with Gasteiger partial charge in [0.1, 0.15) is 5.60 Å². The first-order valence-electron chi connectivity index (χ1n) is 6.72. The molecule has 0 aromatic carbocycles. The van der Waals surface area contributed by atoms with E-state index in [1.807, 2.05) is 20.8 Å². The molecule has 1 amide bonds. The predicted molar refractivity (Wildman–Crippen MR) is 68.5 cm³/mol. The Morgan fingerprint density at radius 2 is 2.00 bits per heavy atom. The van der Waals surface area contributed by atoms with E-state index < -0.39 is 5.60 Å². The van der Waals surface area contributed by atoms with Gasteiger partial charge in [-0.15, -0.1) is 0 Å². The summed E-state index contributed by atoms with van der Waals surface area (Å²) in [7, 11) is 0. The number of ether oxygens (including phenoxy) is 2. The summed E-state index contributed by atoms with van der Waals surface area (Å²) in [5.74, 6) is 0. The molecule has 2 rings (SSSR count). The molecule has 1 aliphatic carbocycles. The van der Waals surface area contributed by atoms with Crippen molar-refractivity contribution in [1.82, 2.24) is 10.6 Å². The number of carbonyl (C=O) groups is 1. The quantitative estimate of drug-likeness (QED) is 0.801. The summed E-state index contributed by atoms with van der Waals surface area (Å²) in [4.78, 5) is 11.6. The van der Waals surface area contributed by atoms with Crippen molar-refractivity contribution in [2.75, 3.05) is 6.61 Å². The Morgan fingerprint density at radius 3 is 2.56 bits per heavy atom. The fraction of sp³-hybridized carbons (Fsp3) is 0.923. The van der Waals surface area contributed by atoms with Gasteiger partial charge in [-0.05, 0) is 40.5 Å². The summed E-state index contributed by atoms with van der Waals surface area (Å²) in [6, 6.07) is 0.986. The third-order valence-corrected chi connectivity index (χ3v) is 3.30. The van der Waals surface area contributed by atoms with E-state index in [-0.39, 0.29) is 18.2 Å². The number of nitrogens with one attached hydrogen (secondary N) is 2. The van der Waals surface area contributed by atoms with E-state index >= 15 is 0 Å². The largest absolute Gasteiger partial charge is 0.444 e. The second kappa shape index (κ2) is 5.05. The fourth-order valence-electron chi connectivity index (χ4n) is 2.22. The summed E-state index contributed by atoms with van der Waals surface area (Å²) >= 11 is 0. The Morgan fingerprint density at radius 1 is 1.28 bits per heavy atom. The monoisotopic (exact) mass is 256 g/mol. The summed E-state index contributed by atoms with van der Waals surface area (Å²) in [6.45, 7) is 8.52. The molecule has 1 saturated heterocycles. The molecular weight excluding hydrogens is 232 g/mol. The molecule has 0 aromatic heterocycles. The van der Waals surface area contributed by atoms with Crippen molar-refractivity contribution < 1.29 is 14.3 Å². The van der Waals surface area contributed by atoms with Crippen molar-refractivity contribution >= 4 is 6.09 Å². The molecule has 1 heterocycles. The molecule has 5 nitrogen and oxygen atoms in total. The molecule has 104 valence electrons. The maximum atomic E-state index is 11.6. The van der Waals surface area contributed by atoms with Crippen molar-refractivity contribution in [2.45, 2.75) is 70.4 Å². The maximum absolute atomic E-state index is 11.6. The van der Waals surface area contributed by atoms with E-state index in [0.29, 0.717) is 12.1 Å². The van der Waals surface area contributed by atoms with Crippen molar-refractivity contribution in [2.24, 2.45) is 0 Å². The molecule has 2 aliphatic rings. The van der Waals surface area contributed by atoms with Gasteiger partial charge in [-0.25, -0.2) is 4.79 Å². The summed E-state index contributed by atoms with van der Waals surface area (Å²) in [6.07, 6.45) is 1.97. The Hall–Kier alpha value is -0.810. The molecule has 2 fully saturated rings. The lowest BCUT2D eigenvalue weighted by atomic mass is 10.1. The molecule has 18 heavy (non-hydrogen) atoms. The van der Waals surface area contributed by atoms with Crippen molar-refractivity contribution in [3.8, 4) is 0 Å². The lowest BCUT2D eigenvalue weighted by Gasteiger charge is -2.20. The predicted octanol–water partition coefficient (Wildman–Crippen LogP) is 1.42. The molecule has 0 radical (unpaired) electrons. The highest BCUT2D eigenvalue weighted by Crippen LogP contribution is 2.25. The lowest BCUT2D eigenvalue weighted by molar-refractivity contribution is 0.0521. The van der Waals surface area contributed by atoms with Crippen LogP contribution in [-0.2, 0) is 9.47 Å². The topological polar surface area (TPSA) is 59.6 Å². The minimum absolute atomic E-state index is 0.202. The molecule has 1 aliphatic heterocycles. The van der Waals surface area contributed by atoms with Crippen LogP contribution in [0.25, 0.3) is 0 Å². The van der Waals surface area contributed by atoms with Gasteiger partial charge >= 0.3 is 6.09 Å². The zero-order valence-corrected chi connectivity index (χ0v) is 11.7. The normalized spacial score (nSPS) is 35.3. The molecule has 4 unspecified atom stereocenters. The minimum atomic E-state index is -0.435. The number of carbonyl (C=O) groups excluding carboxylic acids is 1. The summed E-state index contributed by atoms with van der Waals surface area (Å²) < 4.78 is 10.7. The van der Waals surface area contributed by atoms with Crippen LogP contribution >= 0.6 is 0 Å². The van der Waals surface area contributed by atoms with Crippen LogP contribution in [0.5, 0.6) is 0 Å². The average Bonchev–Trinajstić information content (AvgIpc) is 2.77. The highest BCUT2D eigenvalue weighted by molar-refractivity contribution is 5.68. The second-order valence-electron chi connectivity index (χ2n) is 6.23. The first-order chi connectivity index (χ1) is 8.35. The second-order valence-corrected chi connectivity index (χ2v) is 6.23. The summed E-state index contributed by atoms with van der Waals surface area (Å²) in [5, 5.41) is 6.41. The Kier molecular flexibility index (Phi) is 3.82. The number of rotatable bonds is 3. The average molecular weight is 256 g/mol. The number of hydrogen-bond acceptors (Lipinski definition) is 4. The molecule has 5 heteroatoms. The van der Waals surface area contributed by atoms with E-state index in [9.17, 15) is 4.79 Å². The van der Waals surface area contributed by atoms with Gasteiger partial charge in [0, 0.05) is 24.7 Å². The number of hydrogen-bond donors (Lipinski definition) is 2. The maximum Gasteiger partial charge on any atom is 0.407 e. The van der Waals surface area contributed by atoms with Gasteiger partial charge in [0.05, 0.1) is 6.10 Å². The van der Waals surface area contributed by atoms with Crippen LogP contribution in [0.1, 0.15) is 40.5 Å². The Balaban J connectivity index is 1.67. The van der Waals surface area contributed by atoms with Crippen molar-refractivity contribution in [3.63, 3.8) is 0 Å². The first-order valence-corrected chi connectivity index (χ1v) is 6.72. The van der Waals surface area contributed by atoms with Gasteiger partial charge in [-0.2, -0.15) is 0 Å². The SMILES string of the molecule is CC1OCCC1NC1CC1NC(=O)OC(C)(C)C. The van der Waals surface area contributed by atoms with Gasteiger partial charge in [-0.3, -0.25) is 0 Å². The van der Waals surface area contributed by atoms with E-state index in [0.717, 1.165) is 19.4 Å². The van der Waals surface area contributed by atoms with Crippen LogP contribution in [0.3, 0.4) is 0 Å². The Bertz CT molecular complexity index is 314. The zero-order chi connectivity index (χ0) is 13.3. The highest BCUT2D eigenvalue weighted by Gasteiger charge is 2.42. The third-order valence-electron chi connectivity index (χ3n) is 3.30. The van der Waals surface area contributed by atoms with Crippen molar-refractivity contribution in [3.05, 3.63) is 0 Å². The molecular formula is C13H24N2O3. The van der Waals surface area contributed by atoms with Crippen LogP contribution in [0, 0.1) is 0 Å². The van der Waals surface area contributed by atoms with Crippen molar-refractivity contribution in [1.29, 1.82) is 0 Å². The van der Waals surface area contributed by atoms with E-state index in [1.54, 1.807) is 0 Å². The van der Waals surface area contributed by atoms with Gasteiger partial charge in [0.2, 0.25) is 0 Å². The van der Waals surface area contributed by atoms with E-state index in [1.165, 1.54) is 0 Å². The number of alkyl carbamates (subject to hydrolysis) is 1. The van der Waals surface area contributed by atoms with Crippen LogP contribution in [0.2, 0.25) is 0 Å². The van der Waals surface area contributed by atoms with Gasteiger partial charge in [-0.1, -0.05) is 0 Å². The fourth-order valence-corrected chi connectivity index (χ4v) is 2.22. The highest BCUT2D eigenvalue weighted by atomic mass is 16.6. The molecule has 0 bridgehead atoms.